The van der Waals surface area contributed by atoms with Crippen molar-refractivity contribution in [2.24, 2.45) is 0 Å². The Morgan fingerprint density at radius 2 is 1.92 bits per heavy atom. The summed E-state index contributed by atoms with van der Waals surface area (Å²) in [5, 5.41) is 4.45. The zero-order valence-corrected chi connectivity index (χ0v) is 14.8. The van der Waals surface area contributed by atoms with Gasteiger partial charge in [0, 0.05) is 23.4 Å². The lowest BCUT2D eigenvalue weighted by Crippen LogP contribution is -2.05. The van der Waals surface area contributed by atoms with E-state index in [0.29, 0.717) is 23.7 Å². The molecule has 0 saturated carbocycles. The Labute approximate surface area is 150 Å². The van der Waals surface area contributed by atoms with Crippen molar-refractivity contribution >= 4 is 11.6 Å². The normalized spacial score (nSPS) is 11.3. The van der Waals surface area contributed by atoms with E-state index in [-0.39, 0.29) is 5.95 Å². The maximum absolute atomic E-state index is 5.93. The van der Waals surface area contributed by atoms with E-state index in [2.05, 4.69) is 28.1 Å². The van der Waals surface area contributed by atoms with E-state index in [9.17, 15) is 0 Å². The fraction of sp³-hybridized carbons (Fsp3) is 0.263. The van der Waals surface area contributed by atoms with E-state index in [1.165, 1.54) is 0 Å². The highest BCUT2D eigenvalue weighted by molar-refractivity contribution is 5.59. The van der Waals surface area contributed by atoms with Gasteiger partial charge in [-0.25, -0.2) is 0 Å². The van der Waals surface area contributed by atoms with Crippen molar-refractivity contribution in [2.75, 3.05) is 5.73 Å². The van der Waals surface area contributed by atoms with Crippen LogP contribution in [0, 0.1) is 6.92 Å². The molecule has 0 amide bonds. The lowest BCUT2D eigenvalue weighted by atomic mass is 10.1. The molecule has 26 heavy (non-hydrogen) atoms. The molecule has 132 valence electrons. The Balaban J connectivity index is 1.75. The Kier molecular flexibility index (Phi) is 4.12. The largest absolute Gasteiger partial charge is 0.458 e. The van der Waals surface area contributed by atoms with Gasteiger partial charge in [-0.1, -0.05) is 19.4 Å². The van der Waals surface area contributed by atoms with Crippen molar-refractivity contribution in [2.45, 2.75) is 33.1 Å². The lowest BCUT2D eigenvalue weighted by Gasteiger charge is -2.05. The van der Waals surface area contributed by atoms with Crippen molar-refractivity contribution < 1.29 is 4.42 Å². The van der Waals surface area contributed by atoms with Crippen molar-refractivity contribution in [3.05, 3.63) is 59.2 Å². The maximum atomic E-state index is 5.93. The predicted octanol–water partition coefficient (Wildman–Crippen LogP) is 3.21. The molecule has 4 aromatic rings. The zero-order valence-electron chi connectivity index (χ0n) is 14.8. The lowest BCUT2D eigenvalue weighted by molar-refractivity contribution is 0.541. The number of pyridine rings is 1. The van der Waals surface area contributed by atoms with Crippen LogP contribution in [0.25, 0.3) is 17.2 Å². The van der Waals surface area contributed by atoms with Crippen LogP contribution < -0.4 is 5.73 Å². The quantitative estimate of drug-likeness (QED) is 0.595. The number of hydrogen-bond acceptors (Lipinski definition) is 6. The van der Waals surface area contributed by atoms with E-state index in [1.54, 1.807) is 10.7 Å². The third-order valence-corrected chi connectivity index (χ3v) is 4.16. The van der Waals surface area contributed by atoms with Gasteiger partial charge in [0.05, 0.1) is 6.20 Å². The van der Waals surface area contributed by atoms with Gasteiger partial charge >= 0.3 is 0 Å². The van der Waals surface area contributed by atoms with E-state index >= 15 is 0 Å². The minimum Gasteiger partial charge on any atom is -0.458 e. The molecule has 0 bridgehead atoms. The number of nitrogens with zero attached hydrogens (tertiary/aromatic N) is 5. The summed E-state index contributed by atoms with van der Waals surface area (Å²) in [5.74, 6) is 2.14. The fourth-order valence-electron chi connectivity index (χ4n) is 3.00. The number of rotatable bonds is 5. The van der Waals surface area contributed by atoms with Crippen LogP contribution in [0.1, 0.15) is 36.1 Å². The van der Waals surface area contributed by atoms with Gasteiger partial charge in [0.15, 0.2) is 11.4 Å². The average Bonchev–Trinajstić information content (AvgIpc) is 3.22. The van der Waals surface area contributed by atoms with Crippen molar-refractivity contribution in [3.8, 4) is 11.6 Å². The van der Waals surface area contributed by atoms with Crippen LogP contribution in [0.4, 0.5) is 5.95 Å². The number of anilines is 1. The van der Waals surface area contributed by atoms with Crippen LogP contribution in [0.5, 0.6) is 0 Å². The second-order valence-corrected chi connectivity index (χ2v) is 6.27. The zero-order chi connectivity index (χ0) is 18.1. The van der Waals surface area contributed by atoms with Crippen LogP contribution in [0.3, 0.4) is 0 Å². The van der Waals surface area contributed by atoms with Gasteiger partial charge in [0.2, 0.25) is 11.8 Å². The number of fused-ring (bicyclic) bond motifs is 1. The van der Waals surface area contributed by atoms with Gasteiger partial charge in [0.25, 0.3) is 0 Å². The third kappa shape index (κ3) is 3.03. The van der Waals surface area contributed by atoms with E-state index in [4.69, 9.17) is 15.1 Å². The summed E-state index contributed by atoms with van der Waals surface area (Å²) in [7, 11) is 0. The van der Waals surface area contributed by atoms with Gasteiger partial charge in [-0.2, -0.15) is 19.6 Å². The van der Waals surface area contributed by atoms with Crippen LogP contribution in [0.15, 0.2) is 40.9 Å². The molecule has 0 atom stereocenters. The van der Waals surface area contributed by atoms with Gasteiger partial charge in [-0.3, -0.25) is 4.98 Å². The van der Waals surface area contributed by atoms with Crippen LogP contribution >= 0.6 is 0 Å². The molecule has 0 aromatic carbocycles. The molecule has 0 spiro atoms. The van der Waals surface area contributed by atoms with Crippen LogP contribution in [-0.4, -0.2) is 24.6 Å². The average molecular weight is 348 g/mol. The molecule has 0 aliphatic heterocycles. The molecule has 0 radical (unpaired) electrons. The van der Waals surface area contributed by atoms with Gasteiger partial charge in [-0.15, -0.1) is 0 Å². The number of nitrogen functional groups attached to an aromatic ring is 1. The van der Waals surface area contributed by atoms with E-state index in [1.807, 2.05) is 31.2 Å². The summed E-state index contributed by atoms with van der Waals surface area (Å²) in [6.07, 6.45) is 4.47. The van der Waals surface area contributed by atoms with Crippen LogP contribution in [0.2, 0.25) is 0 Å². The SMILES string of the molecule is CCCc1cccc(Cc2cnn3c(-c4ccc(C)o4)nc(N)nc23)n1. The van der Waals surface area contributed by atoms with Gasteiger partial charge < -0.3 is 10.2 Å². The molecule has 0 unspecified atom stereocenters. The molecule has 4 rings (SSSR count). The van der Waals surface area contributed by atoms with Crippen molar-refractivity contribution in [1.29, 1.82) is 0 Å². The summed E-state index contributed by atoms with van der Waals surface area (Å²) in [5.41, 5.74) is 9.64. The summed E-state index contributed by atoms with van der Waals surface area (Å²) in [6, 6.07) is 9.85. The molecule has 7 nitrogen and oxygen atoms in total. The first-order chi connectivity index (χ1) is 12.6. The van der Waals surface area contributed by atoms with Gasteiger partial charge in [-0.05, 0) is 37.6 Å². The number of nitrogens with two attached hydrogens (primary N) is 1. The molecule has 2 N–H and O–H groups in total. The highest BCUT2D eigenvalue weighted by atomic mass is 16.3. The smallest absolute Gasteiger partial charge is 0.224 e. The molecular weight excluding hydrogens is 328 g/mol. The van der Waals surface area contributed by atoms with Crippen LogP contribution in [-0.2, 0) is 12.8 Å². The molecule has 0 fully saturated rings. The monoisotopic (exact) mass is 348 g/mol. The second kappa shape index (κ2) is 6.59. The first-order valence-corrected chi connectivity index (χ1v) is 8.66. The van der Waals surface area contributed by atoms with E-state index < -0.39 is 0 Å². The Morgan fingerprint density at radius 3 is 2.69 bits per heavy atom. The Hall–Kier alpha value is -3.22. The number of furan rings is 1. The second-order valence-electron chi connectivity index (χ2n) is 6.27. The van der Waals surface area contributed by atoms with Gasteiger partial charge in [0.1, 0.15) is 5.76 Å². The fourth-order valence-corrected chi connectivity index (χ4v) is 3.00. The molecular formula is C19H20N6O. The first-order valence-electron chi connectivity index (χ1n) is 8.66. The third-order valence-electron chi connectivity index (χ3n) is 4.16. The highest BCUT2D eigenvalue weighted by Gasteiger charge is 2.16. The Bertz CT molecular complexity index is 1070. The number of aromatic nitrogens is 5. The first kappa shape index (κ1) is 16.3. The maximum Gasteiger partial charge on any atom is 0.224 e. The molecule has 7 heteroatoms. The molecule has 4 heterocycles. The highest BCUT2D eigenvalue weighted by Crippen LogP contribution is 2.23. The number of hydrogen-bond donors (Lipinski definition) is 1. The molecule has 0 saturated heterocycles. The Morgan fingerprint density at radius 1 is 1.08 bits per heavy atom. The predicted molar refractivity (Wildman–Crippen MR) is 98.7 cm³/mol. The molecule has 0 aliphatic carbocycles. The van der Waals surface area contributed by atoms with Crippen molar-refractivity contribution in [1.82, 2.24) is 24.6 Å². The van der Waals surface area contributed by atoms with E-state index in [0.717, 1.165) is 35.6 Å². The standard InChI is InChI=1S/C19H20N6O/c1-3-5-14-6-4-7-15(22-14)10-13-11-21-25-17(13)23-19(20)24-18(25)16-9-8-12(2)26-16/h4,6-9,11H,3,5,10H2,1-2H3,(H2,20,23). The summed E-state index contributed by atoms with van der Waals surface area (Å²) < 4.78 is 7.35. The summed E-state index contributed by atoms with van der Waals surface area (Å²) in [6.45, 7) is 4.03. The molecule has 4 aromatic heterocycles. The number of aryl methyl sites for hydroxylation is 2. The molecule has 0 aliphatic rings. The summed E-state index contributed by atoms with van der Waals surface area (Å²) in [4.78, 5) is 13.4. The van der Waals surface area contributed by atoms with Crippen molar-refractivity contribution in [3.63, 3.8) is 0 Å². The topological polar surface area (TPSA) is 95.1 Å². The minimum absolute atomic E-state index is 0.191. The minimum atomic E-state index is 0.191. The summed E-state index contributed by atoms with van der Waals surface area (Å²) >= 11 is 0.